The Kier molecular flexibility index (Phi) is 14.1. The number of benzene rings is 2. The molecule has 3 fully saturated rings. The van der Waals surface area contributed by atoms with Gasteiger partial charge in [0.25, 0.3) is 11.5 Å². The molecule has 3 amide bonds. The molecule has 10 rings (SSSR count). The first-order valence-corrected chi connectivity index (χ1v) is 26.2. The Morgan fingerprint density at radius 1 is 0.960 bits per heavy atom. The van der Waals surface area contributed by atoms with Gasteiger partial charge in [0.15, 0.2) is 17.1 Å². The van der Waals surface area contributed by atoms with E-state index in [0.717, 1.165) is 47.8 Å². The number of carbonyl (C=O) groups is 4. The van der Waals surface area contributed by atoms with Crippen LogP contribution >= 0.6 is 11.6 Å². The van der Waals surface area contributed by atoms with E-state index in [4.69, 9.17) is 30.8 Å². The molecular formula is C55H61ClN10O9. The lowest BCUT2D eigenvalue weighted by Crippen LogP contribution is -2.61. The number of esters is 1. The molecule has 75 heavy (non-hydrogen) atoms. The van der Waals surface area contributed by atoms with E-state index in [1.54, 1.807) is 58.9 Å². The van der Waals surface area contributed by atoms with Crippen molar-refractivity contribution >= 4 is 52.2 Å². The summed E-state index contributed by atoms with van der Waals surface area (Å²) in [6, 6.07) is 15.6. The number of pyridine rings is 2. The number of amides is 3. The van der Waals surface area contributed by atoms with Crippen molar-refractivity contribution in [3.05, 3.63) is 103 Å². The van der Waals surface area contributed by atoms with E-state index < -0.39 is 17.7 Å². The maximum Gasteiger partial charge on any atom is 0.415 e. The van der Waals surface area contributed by atoms with Gasteiger partial charge in [-0.05, 0) is 128 Å². The fourth-order valence-corrected chi connectivity index (χ4v) is 11.6. The van der Waals surface area contributed by atoms with E-state index in [2.05, 4.69) is 26.5 Å². The van der Waals surface area contributed by atoms with Gasteiger partial charge < -0.3 is 48.8 Å². The van der Waals surface area contributed by atoms with Crippen LogP contribution < -0.4 is 25.2 Å². The first-order valence-electron chi connectivity index (χ1n) is 25.8. The van der Waals surface area contributed by atoms with Crippen molar-refractivity contribution in [2.75, 3.05) is 45.2 Å². The summed E-state index contributed by atoms with van der Waals surface area (Å²) in [5.74, 6) is 0.488. The summed E-state index contributed by atoms with van der Waals surface area (Å²) in [5, 5.41) is 33.5. The van der Waals surface area contributed by atoms with Gasteiger partial charge in [-0.1, -0.05) is 18.5 Å². The van der Waals surface area contributed by atoms with Crippen LogP contribution in [0.2, 0.25) is 5.02 Å². The Morgan fingerprint density at radius 3 is 2.37 bits per heavy atom. The number of piperidine rings is 1. The van der Waals surface area contributed by atoms with E-state index in [1.807, 2.05) is 50.7 Å². The van der Waals surface area contributed by atoms with Gasteiger partial charge >= 0.3 is 12.1 Å². The van der Waals surface area contributed by atoms with Gasteiger partial charge in [-0.2, -0.15) is 5.26 Å². The van der Waals surface area contributed by atoms with Crippen molar-refractivity contribution in [1.82, 2.24) is 39.8 Å². The van der Waals surface area contributed by atoms with Crippen LogP contribution in [0.1, 0.15) is 110 Å². The molecule has 1 saturated carbocycles. The van der Waals surface area contributed by atoms with E-state index >= 15 is 0 Å². The minimum Gasteiger partial charge on any atom is -0.490 e. The number of rotatable bonds is 10. The van der Waals surface area contributed by atoms with Gasteiger partial charge in [0, 0.05) is 84.4 Å². The highest BCUT2D eigenvalue weighted by atomic mass is 35.5. The smallest absolute Gasteiger partial charge is 0.415 e. The highest BCUT2D eigenvalue weighted by molar-refractivity contribution is 6.32. The molecule has 7 heterocycles. The van der Waals surface area contributed by atoms with E-state index in [0.29, 0.717) is 83.8 Å². The quantitative estimate of drug-likeness (QED) is 0.145. The van der Waals surface area contributed by atoms with E-state index in [-0.39, 0.29) is 90.5 Å². The maximum absolute atomic E-state index is 14.1. The number of aromatic nitrogens is 4. The van der Waals surface area contributed by atoms with Crippen LogP contribution in [-0.2, 0) is 39.6 Å². The molecule has 2 N–H and O–H groups in total. The van der Waals surface area contributed by atoms with E-state index in [1.165, 1.54) is 0 Å². The van der Waals surface area contributed by atoms with Crippen LogP contribution in [0.25, 0.3) is 22.3 Å². The minimum absolute atomic E-state index is 0.0219. The predicted octanol–water partition coefficient (Wildman–Crippen LogP) is 6.22. The highest BCUT2D eigenvalue weighted by Crippen LogP contribution is 2.41. The van der Waals surface area contributed by atoms with Crippen LogP contribution in [0, 0.1) is 24.2 Å². The summed E-state index contributed by atoms with van der Waals surface area (Å²) >= 11 is 6.34. The van der Waals surface area contributed by atoms with Gasteiger partial charge in [-0.15, -0.1) is 10.2 Å². The largest absolute Gasteiger partial charge is 0.490 e. The van der Waals surface area contributed by atoms with Crippen molar-refractivity contribution in [1.29, 1.82) is 5.26 Å². The zero-order valence-electron chi connectivity index (χ0n) is 43.0. The Labute approximate surface area is 439 Å². The summed E-state index contributed by atoms with van der Waals surface area (Å²) in [4.78, 5) is 80.6. The number of nitriles is 1. The van der Waals surface area contributed by atoms with Crippen molar-refractivity contribution in [3.8, 4) is 29.0 Å². The monoisotopic (exact) mass is 1040 g/mol. The molecule has 392 valence electrons. The lowest BCUT2D eigenvalue weighted by molar-refractivity contribution is -0.172. The summed E-state index contributed by atoms with van der Waals surface area (Å²) < 4.78 is 19.3. The molecule has 3 aromatic heterocycles. The van der Waals surface area contributed by atoms with Gasteiger partial charge in [-0.25, -0.2) is 14.6 Å². The average molecular weight is 1040 g/mol. The molecular weight excluding hydrogens is 980 g/mol. The molecule has 3 atom stereocenters. The lowest BCUT2D eigenvalue weighted by Gasteiger charge is -2.45. The first kappa shape index (κ1) is 51.4. The van der Waals surface area contributed by atoms with Gasteiger partial charge in [0.2, 0.25) is 5.91 Å². The van der Waals surface area contributed by atoms with Crippen LogP contribution in [0.3, 0.4) is 0 Å². The number of aliphatic hydroxyl groups is 1. The summed E-state index contributed by atoms with van der Waals surface area (Å²) in [6.45, 7) is 9.66. The topological polar surface area (TPSA) is 226 Å². The average Bonchev–Trinajstić information content (AvgIpc) is 3.77. The third-order valence-corrected chi connectivity index (χ3v) is 16.2. The number of fused-ring (bicyclic) bond motifs is 5. The van der Waals surface area contributed by atoms with Crippen LogP contribution in [0.5, 0.6) is 11.5 Å². The molecule has 0 radical (unpaired) electrons. The molecule has 5 aliphatic rings. The van der Waals surface area contributed by atoms with Gasteiger partial charge in [0.05, 0.1) is 45.7 Å². The second-order valence-electron chi connectivity index (χ2n) is 20.9. The van der Waals surface area contributed by atoms with Crippen molar-refractivity contribution in [3.63, 3.8) is 0 Å². The third-order valence-electron chi connectivity index (χ3n) is 15.7. The summed E-state index contributed by atoms with van der Waals surface area (Å²) in [6.07, 6.45) is 3.74. The number of piperazine rings is 1. The highest BCUT2D eigenvalue weighted by Gasteiger charge is 2.46. The van der Waals surface area contributed by atoms with Crippen molar-refractivity contribution < 1.29 is 38.5 Å². The fraction of sp³-hybridized carbons (Fsp3) is 0.473. The van der Waals surface area contributed by atoms with Crippen molar-refractivity contribution in [2.45, 2.75) is 122 Å². The number of carbonyl (C=O) groups excluding carboxylic acids is 4. The zero-order chi connectivity index (χ0) is 53.0. The number of halogens is 1. The number of hydrogen-bond donors (Lipinski definition) is 2. The lowest BCUT2D eigenvalue weighted by atomic mass is 9.86. The number of nitrogens with one attached hydrogen (secondary N) is 1. The second kappa shape index (κ2) is 20.5. The van der Waals surface area contributed by atoms with Gasteiger partial charge in [0.1, 0.15) is 24.2 Å². The van der Waals surface area contributed by atoms with Crippen LogP contribution in [0.15, 0.2) is 53.3 Å². The zero-order valence-corrected chi connectivity index (χ0v) is 43.8. The van der Waals surface area contributed by atoms with Crippen LogP contribution in [-0.4, -0.2) is 128 Å². The number of nitrogens with zero attached hydrogens (tertiary/aromatic N) is 9. The SMILES string of the molecule is CC[C@@]1(O)C(=O)OCc2c1cc1n(c2=O)Cc2cc3c(CN(C)C)c(OC(=O)N4C[C@H](C)N(C(=O)C5CCN(c6ccc(C(=O)NC7CCC(Oc8ccc(C#N)c(Cl)c8C)CC7)nn6)CC5)C[C@H]4C)ccc3nc2-1. The molecule has 4 aliphatic heterocycles. The third kappa shape index (κ3) is 9.63. The molecule has 5 aromatic rings. The Hall–Kier alpha value is -7.14. The molecule has 20 heteroatoms. The molecule has 1 aliphatic carbocycles. The molecule has 2 saturated heterocycles. The summed E-state index contributed by atoms with van der Waals surface area (Å²) in [5.41, 5.74) is 2.85. The minimum atomic E-state index is -1.93. The molecule has 2 aromatic carbocycles. The molecule has 0 spiro atoms. The van der Waals surface area contributed by atoms with E-state index in [9.17, 15) is 34.3 Å². The standard InChI is InChI=1S/C55H61ClN10O9/c1-7-55(72)41-23-44-49-35(27-66(44)52(69)40(41)29-73-53(55)70)22-38-39(28-62(5)6)46(16-13-42(38)59-49)75-54(71)65-26-30(2)64(25-31(65)3)51(68)33-18-20-63(21-19-33)47-17-14-43(60-61-47)50(67)58-36-9-11-37(12-10-36)74-45-15-8-34(24-57)48(56)32(45)4/h8,13-17,22-23,30-31,33,36-37,72H,7,9-12,18-21,25-29H2,1-6H3,(H,58,67)/t30-,31+,36?,37?,55-/m0/s1. The predicted molar refractivity (Wildman–Crippen MR) is 277 cm³/mol. The molecule has 0 unspecified atom stereocenters. The fourth-order valence-electron chi connectivity index (χ4n) is 11.4. The first-order chi connectivity index (χ1) is 36.0. The van der Waals surface area contributed by atoms with Crippen LogP contribution in [0.4, 0.5) is 10.6 Å². The second-order valence-corrected chi connectivity index (χ2v) is 21.3. The molecule has 19 nitrogen and oxygen atoms in total. The Balaban J connectivity index is 0.728. The van der Waals surface area contributed by atoms with Gasteiger partial charge in [-0.3, -0.25) is 14.4 Å². The van der Waals surface area contributed by atoms with Crippen molar-refractivity contribution in [2.24, 2.45) is 5.92 Å². The number of hydrogen-bond acceptors (Lipinski definition) is 15. The normalized spacial score (nSPS) is 22.5. The number of anilines is 1. The Morgan fingerprint density at radius 2 is 1.68 bits per heavy atom. The molecule has 0 bridgehead atoms. The Bertz CT molecular complexity index is 3220. The number of cyclic esters (lactones) is 1. The number of ether oxygens (including phenoxy) is 3. The maximum atomic E-state index is 14.1. The summed E-state index contributed by atoms with van der Waals surface area (Å²) in [7, 11) is 3.84.